The maximum absolute atomic E-state index is 12.6. The van der Waals surface area contributed by atoms with Crippen molar-refractivity contribution in [1.82, 2.24) is 10.2 Å². The van der Waals surface area contributed by atoms with Crippen LogP contribution in [0.15, 0.2) is 18.2 Å². The molecule has 1 aromatic rings. The average Bonchev–Trinajstić information content (AvgIpc) is 2.77. The zero-order valence-electron chi connectivity index (χ0n) is 21.0. The van der Waals surface area contributed by atoms with Crippen LogP contribution in [0.4, 0.5) is 5.69 Å². The number of rotatable bonds is 13. The molecule has 2 rings (SSSR count). The molecule has 1 aliphatic rings. The fourth-order valence-electron chi connectivity index (χ4n) is 4.05. The van der Waals surface area contributed by atoms with Gasteiger partial charge in [-0.15, -0.1) is 0 Å². The van der Waals surface area contributed by atoms with E-state index in [1.165, 1.54) is 5.56 Å². The van der Waals surface area contributed by atoms with Crippen LogP contribution < -0.4 is 15.0 Å². The lowest BCUT2D eigenvalue weighted by Gasteiger charge is -2.32. The summed E-state index contributed by atoms with van der Waals surface area (Å²) in [5, 5.41) is 3.11. The number of amides is 2. The van der Waals surface area contributed by atoms with E-state index in [1.807, 2.05) is 6.07 Å². The van der Waals surface area contributed by atoms with Crippen molar-refractivity contribution in [3.05, 3.63) is 23.8 Å². The molecule has 0 aliphatic carbocycles. The Labute approximate surface area is 194 Å². The minimum Gasteiger partial charge on any atom is -0.482 e. The average molecular weight is 446 g/mol. The predicted octanol–water partition coefficient (Wildman–Crippen LogP) is 4.51. The molecule has 0 fully saturated rings. The second-order valence-electron chi connectivity index (χ2n) is 9.50. The Hall–Kier alpha value is -2.08. The number of ether oxygens (including phenoxy) is 1. The molecule has 6 heteroatoms. The third-order valence-corrected chi connectivity index (χ3v) is 6.77. The van der Waals surface area contributed by atoms with Crippen LogP contribution in [0, 0.1) is 0 Å². The molecule has 1 aromatic carbocycles. The van der Waals surface area contributed by atoms with Crippen molar-refractivity contribution in [1.29, 1.82) is 0 Å². The third-order valence-electron chi connectivity index (χ3n) is 6.77. The van der Waals surface area contributed by atoms with Crippen LogP contribution in [-0.4, -0.2) is 55.5 Å². The number of nitrogens with zero attached hydrogens (tertiary/aromatic N) is 2. The summed E-state index contributed by atoms with van der Waals surface area (Å²) >= 11 is 0. The largest absolute Gasteiger partial charge is 0.482 e. The Balaban J connectivity index is 1.87. The smallest absolute Gasteiger partial charge is 0.265 e. The molecule has 0 bridgehead atoms. The normalized spacial score (nSPS) is 14.8. The number of carbonyl (C=O) groups excluding carboxylic acids is 2. The van der Waals surface area contributed by atoms with Gasteiger partial charge in [0, 0.05) is 19.0 Å². The zero-order chi connectivity index (χ0) is 23.7. The van der Waals surface area contributed by atoms with Crippen LogP contribution in [0.2, 0.25) is 0 Å². The molecule has 0 saturated carbocycles. The van der Waals surface area contributed by atoms with Crippen LogP contribution in [0.3, 0.4) is 0 Å². The molecule has 180 valence electrons. The van der Waals surface area contributed by atoms with Crippen LogP contribution in [0.25, 0.3) is 0 Å². The maximum atomic E-state index is 12.6. The van der Waals surface area contributed by atoms with Gasteiger partial charge in [0.05, 0.1) is 5.69 Å². The summed E-state index contributed by atoms with van der Waals surface area (Å²) in [5.41, 5.74) is 2.05. The molecule has 32 heavy (non-hydrogen) atoms. The minimum absolute atomic E-state index is 0.0303. The van der Waals surface area contributed by atoms with E-state index in [9.17, 15) is 9.59 Å². The van der Waals surface area contributed by atoms with E-state index < -0.39 is 0 Å². The Morgan fingerprint density at radius 3 is 2.59 bits per heavy atom. The molecule has 2 amide bonds. The van der Waals surface area contributed by atoms with E-state index in [1.54, 1.807) is 4.90 Å². The zero-order valence-corrected chi connectivity index (χ0v) is 21.0. The summed E-state index contributed by atoms with van der Waals surface area (Å²) in [5.74, 6) is 0.753. The summed E-state index contributed by atoms with van der Waals surface area (Å²) in [6.45, 7) is 16.8. The molecule has 6 nitrogen and oxygen atoms in total. The lowest BCUT2D eigenvalue weighted by Crippen LogP contribution is -2.40. The number of anilines is 1. The molecule has 1 heterocycles. The van der Waals surface area contributed by atoms with Gasteiger partial charge in [-0.2, -0.15) is 0 Å². The van der Waals surface area contributed by atoms with Gasteiger partial charge in [-0.3, -0.25) is 9.59 Å². The summed E-state index contributed by atoms with van der Waals surface area (Å²) in [4.78, 5) is 29.2. The predicted molar refractivity (Wildman–Crippen MR) is 131 cm³/mol. The van der Waals surface area contributed by atoms with Crippen molar-refractivity contribution in [3.63, 3.8) is 0 Å². The fourth-order valence-corrected chi connectivity index (χ4v) is 4.05. The second kappa shape index (κ2) is 12.2. The highest BCUT2D eigenvalue weighted by atomic mass is 16.5. The highest BCUT2D eigenvalue weighted by Gasteiger charge is 2.28. The van der Waals surface area contributed by atoms with Crippen molar-refractivity contribution < 1.29 is 14.3 Å². The van der Waals surface area contributed by atoms with Crippen molar-refractivity contribution in [2.45, 2.75) is 85.1 Å². The lowest BCUT2D eigenvalue weighted by atomic mass is 9.82. The second-order valence-corrected chi connectivity index (χ2v) is 9.50. The molecule has 1 N–H and O–H groups in total. The summed E-state index contributed by atoms with van der Waals surface area (Å²) in [6.07, 6.45) is 4.12. The van der Waals surface area contributed by atoms with Gasteiger partial charge in [0.2, 0.25) is 5.91 Å². The van der Waals surface area contributed by atoms with Crippen LogP contribution in [0.1, 0.15) is 79.2 Å². The topological polar surface area (TPSA) is 61.9 Å². The maximum Gasteiger partial charge on any atom is 0.265 e. The van der Waals surface area contributed by atoms with E-state index in [0.29, 0.717) is 19.4 Å². The van der Waals surface area contributed by atoms with Gasteiger partial charge >= 0.3 is 0 Å². The molecular weight excluding hydrogens is 402 g/mol. The van der Waals surface area contributed by atoms with Crippen molar-refractivity contribution in [2.24, 2.45) is 0 Å². The molecule has 0 spiro atoms. The van der Waals surface area contributed by atoms with Gasteiger partial charge in [0.1, 0.15) is 5.75 Å². The van der Waals surface area contributed by atoms with Gasteiger partial charge in [-0.05, 0) is 75.4 Å². The molecular formula is C26H43N3O3. The van der Waals surface area contributed by atoms with Crippen LogP contribution in [-0.2, 0) is 15.0 Å². The van der Waals surface area contributed by atoms with Gasteiger partial charge < -0.3 is 19.9 Å². The van der Waals surface area contributed by atoms with Gasteiger partial charge in [0.15, 0.2) is 6.61 Å². The Bertz CT molecular complexity index is 759. The van der Waals surface area contributed by atoms with Crippen molar-refractivity contribution in [3.8, 4) is 5.75 Å². The molecule has 1 atom stereocenters. The van der Waals surface area contributed by atoms with Gasteiger partial charge in [0.25, 0.3) is 5.91 Å². The number of carbonyl (C=O) groups is 2. The minimum atomic E-state index is -0.0471. The van der Waals surface area contributed by atoms with E-state index in [0.717, 1.165) is 50.3 Å². The molecule has 0 aromatic heterocycles. The molecule has 1 unspecified atom stereocenters. The standard InChI is InChI=1S/C26H43N3O3/c1-7-26(5,6)21-14-15-23-22(18-21)29(25(31)19-32-23)17-11-13-24(30)27-20(4)12-10-16-28(8-2)9-3/h14-15,18,20H,7-13,16-17,19H2,1-6H3,(H,27,30). The van der Waals surface area contributed by atoms with E-state index in [2.05, 4.69) is 63.9 Å². The number of hydrogen-bond donors (Lipinski definition) is 1. The summed E-state index contributed by atoms with van der Waals surface area (Å²) in [6, 6.07) is 6.30. The van der Waals surface area contributed by atoms with Crippen LogP contribution in [0.5, 0.6) is 5.75 Å². The lowest BCUT2D eigenvalue weighted by molar-refractivity contribution is -0.123. The monoisotopic (exact) mass is 445 g/mol. The highest BCUT2D eigenvalue weighted by molar-refractivity contribution is 5.98. The number of nitrogens with one attached hydrogen (secondary N) is 1. The molecule has 0 radical (unpaired) electrons. The highest BCUT2D eigenvalue weighted by Crippen LogP contribution is 2.37. The van der Waals surface area contributed by atoms with E-state index in [4.69, 9.17) is 4.74 Å². The van der Waals surface area contributed by atoms with E-state index in [-0.39, 0.29) is 29.9 Å². The summed E-state index contributed by atoms with van der Waals surface area (Å²) < 4.78 is 5.64. The number of benzene rings is 1. The van der Waals surface area contributed by atoms with Crippen LogP contribution >= 0.6 is 0 Å². The van der Waals surface area contributed by atoms with Gasteiger partial charge in [-0.25, -0.2) is 0 Å². The Morgan fingerprint density at radius 2 is 1.94 bits per heavy atom. The quantitative estimate of drug-likeness (QED) is 0.485. The number of hydrogen-bond acceptors (Lipinski definition) is 4. The Morgan fingerprint density at radius 1 is 1.22 bits per heavy atom. The summed E-state index contributed by atoms with van der Waals surface area (Å²) in [7, 11) is 0. The first-order chi connectivity index (χ1) is 15.2. The Kier molecular flexibility index (Phi) is 10.0. The first-order valence-corrected chi connectivity index (χ1v) is 12.3. The number of fused-ring (bicyclic) bond motifs is 1. The first-order valence-electron chi connectivity index (χ1n) is 12.3. The SMILES string of the molecule is CCN(CC)CCCC(C)NC(=O)CCCN1C(=O)COc2ccc(C(C)(C)CC)cc21. The fraction of sp³-hybridized carbons (Fsp3) is 0.692. The van der Waals surface area contributed by atoms with Crippen molar-refractivity contribution >= 4 is 17.5 Å². The van der Waals surface area contributed by atoms with Gasteiger partial charge in [-0.1, -0.05) is 40.7 Å². The first kappa shape index (κ1) is 26.2. The van der Waals surface area contributed by atoms with E-state index >= 15 is 0 Å². The third kappa shape index (κ3) is 7.22. The molecule has 0 saturated heterocycles. The van der Waals surface area contributed by atoms with Crippen molar-refractivity contribution in [2.75, 3.05) is 37.7 Å². The molecule has 1 aliphatic heterocycles.